The van der Waals surface area contributed by atoms with E-state index in [9.17, 15) is 27.6 Å². The third-order valence-corrected chi connectivity index (χ3v) is 7.38. The van der Waals surface area contributed by atoms with Crippen molar-refractivity contribution < 1.29 is 27.6 Å². The molecule has 34 heavy (non-hydrogen) atoms. The van der Waals surface area contributed by atoms with E-state index < -0.39 is 35.3 Å². The van der Waals surface area contributed by atoms with Gasteiger partial charge in [0.05, 0.1) is 11.1 Å². The number of halogens is 3. The van der Waals surface area contributed by atoms with Crippen LogP contribution < -0.4 is 5.73 Å². The molecule has 4 atom stereocenters. The summed E-state index contributed by atoms with van der Waals surface area (Å²) in [5, 5.41) is 0. The highest BCUT2D eigenvalue weighted by Crippen LogP contribution is 2.40. The molecule has 3 aliphatic rings. The van der Waals surface area contributed by atoms with Crippen molar-refractivity contribution in [2.45, 2.75) is 50.2 Å². The normalized spacial score (nSPS) is 24.5. The first kappa shape index (κ1) is 22.6. The lowest BCUT2D eigenvalue weighted by molar-refractivity contribution is -0.136. The van der Waals surface area contributed by atoms with Gasteiger partial charge in [-0.15, -0.1) is 0 Å². The molecule has 2 aromatic carbocycles. The zero-order valence-corrected chi connectivity index (χ0v) is 18.3. The first-order valence-corrected chi connectivity index (χ1v) is 11.4. The fourth-order valence-corrected chi connectivity index (χ4v) is 5.72. The van der Waals surface area contributed by atoms with Crippen molar-refractivity contribution >= 4 is 17.7 Å². The van der Waals surface area contributed by atoms with E-state index >= 15 is 0 Å². The molecule has 0 aromatic heterocycles. The van der Waals surface area contributed by atoms with Crippen LogP contribution in [0, 0.1) is 23.4 Å². The van der Waals surface area contributed by atoms with Crippen LogP contribution in [0.4, 0.5) is 13.2 Å². The van der Waals surface area contributed by atoms with E-state index in [2.05, 4.69) is 0 Å². The van der Waals surface area contributed by atoms with Crippen LogP contribution in [0.5, 0.6) is 0 Å². The van der Waals surface area contributed by atoms with Crippen LogP contribution in [-0.4, -0.2) is 52.2 Å². The fourth-order valence-electron chi connectivity index (χ4n) is 5.72. The van der Waals surface area contributed by atoms with Gasteiger partial charge in [0.1, 0.15) is 12.4 Å². The van der Waals surface area contributed by atoms with Crippen LogP contribution in [0.1, 0.15) is 52.0 Å². The predicted octanol–water partition coefficient (Wildman–Crippen LogP) is 3.04. The molecule has 178 valence electrons. The van der Waals surface area contributed by atoms with Crippen molar-refractivity contribution in [3.8, 4) is 0 Å². The Bertz CT molecular complexity index is 1140. The van der Waals surface area contributed by atoms with Crippen molar-refractivity contribution in [2.75, 3.05) is 6.54 Å². The molecule has 2 saturated heterocycles. The maximum Gasteiger partial charge on any atom is 0.262 e. The summed E-state index contributed by atoms with van der Waals surface area (Å²) in [6.45, 7) is -0.309. The molecule has 3 amide bonds. The lowest BCUT2D eigenvalue weighted by Gasteiger charge is -2.41. The van der Waals surface area contributed by atoms with E-state index in [1.165, 1.54) is 0 Å². The van der Waals surface area contributed by atoms with Gasteiger partial charge in [-0.1, -0.05) is 12.1 Å². The number of rotatable bonds is 5. The molecule has 2 N–H and O–H groups in total. The molecule has 3 aliphatic heterocycles. The van der Waals surface area contributed by atoms with E-state index in [1.807, 2.05) is 0 Å². The van der Waals surface area contributed by atoms with Crippen LogP contribution in [0.25, 0.3) is 0 Å². The molecule has 2 bridgehead atoms. The number of nitrogens with zero attached hydrogens (tertiary/aromatic N) is 2. The molecular formula is C25H24F3N3O3. The van der Waals surface area contributed by atoms with Crippen molar-refractivity contribution in [3.63, 3.8) is 0 Å². The number of hydrogen-bond acceptors (Lipinski definition) is 4. The van der Waals surface area contributed by atoms with E-state index in [0.29, 0.717) is 30.0 Å². The van der Waals surface area contributed by atoms with E-state index in [-0.39, 0.29) is 42.4 Å². The van der Waals surface area contributed by atoms with Gasteiger partial charge in [-0.3, -0.25) is 19.3 Å². The van der Waals surface area contributed by atoms with Crippen molar-refractivity contribution in [1.29, 1.82) is 0 Å². The molecule has 6 nitrogen and oxygen atoms in total. The average Bonchev–Trinajstić information content (AvgIpc) is 3.21. The predicted molar refractivity (Wildman–Crippen MR) is 116 cm³/mol. The number of carbonyl (C=O) groups is 3. The smallest absolute Gasteiger partial charge is 0.262 e. The molecule has 5 rings (SSSR count). The van der Waals surface area contributed by atoms with Gasteiger partial charge in [0.2, 0.25) is 5.91 Å². The number of nitrogens with two attached hydrogens (primary N) is 1. The largest absolute Gasteiger partial charge is 0.335 e. The first-order chi connectivity index (χ1) is 16.2. The lowest BCUT2D eigenvalue weighted by Crippen LogP contribution is -2.53. The summed E-state index contributed by atoms with van der Waals surface area (Å²) >= 11 is 0. The third kappa shape index (κ3) is 3.77. The first-order valence-electron chi connectivity index (χ1n) is 11.4. The second kappa shape index (κ2) is 8.54. The molecular weight excluding hydrogens is 447 g/mol. The van der Waals surface area contributed by atoms with Crippen LogP contribution in [0.3, 0.4) is 0 Å². The Labute approximate surface area is 194 Å². The second-order valence-electron chi connectivity index (χ2n) is 9.39. The van der Waals surface area contributed by atoms with E-state index in [1.54, 1.807) is 29.2 Å². The monoisotopic (exact) mass is 471 g/mol. The van der Waals surface area contributed by atoms with Crippen molar-refractivity contribution in [2.24, 2.45) is 11.7 Å². The van der Waals surface area contributed by atoms with Gasteiger partial charge in [0.15, 0.2) is 11.6 Å². The van der Waals surface area contributed by atoms with Crippen LogP contribution in [0.2, 0.25) is 0 Å². The number of hydrogen-bond donors (Lipinski definition) is 1. The highest BCUT2D eigenvalue weighted by Gasteiger charge is 2.46. The SMILES string of the molecule is N[C@@H](Cc1cc(F)c(F)cc1F)[C@@H]1C[C@H]2CC[C@@H](C1)N2C(=O)CN1C(=O)c2ccccc2C1=O. The molecule has 0 unspecified atom stereocenters. The van der Waals surface area contributed by atoms with Crippen molar-refractivity contribution in [1.82, 2.24) is 9.80 Å². The van der Waals surface area contributed by atoms with Crippen LogP contribution >= 0.6 is 0 Å². The number of piperidine rings is 1. The lowest BCUT2D eigenvalue weighted by atomic mass is 9.82. The zero-order valence-electron chi connectivity index (χ0n) is 18.3. The standard InChI is InChI=1S/C25H24F3N3O3/c26-19-11-21(28)20(27)9-13(19)10-22(29)14-7-15-5-6-16(8-14)31(15)23(32)12-30-24(33)17-3-1-2-4-18(17)25(30)34/h1-4,9,11,14-16,22H,5-8,10,12,29H2/t14-,15-,16+,22-/m0/s1. The van der Waals surface area contributed by atoms with E-state index in [4.69, 9.17) is 5.73 Å². The number of imide groups is 1. The molecule has 0 radical (unpaired) electrons. The quantitative estimate of drug-likeness (QED) is 0.537. The maximum absolute atomic E-state index is 14.1. The summed E-state index contributed by atoms with van der Waals surface area (Å²) in [4.78, 5) is 41.2. The Kier molecular flexibility index (Phi) is 5.67. The maximum atomic E-state index is 14.1. The van der Waals surface area contributed by atoms with E-state index in [0.717, 1.165) is 23.8 Å². The molecule has 0 saturated carbocycles. The molecule has 0 aliphatic carbocycles. The summed E-state index contributed by atoms with van der Waals surface area (Å²) in [5.41, 5.74) is 6.98. The Hall–Kier alpha value is -3.20. The minimum absolute atomic E-state index is 0.0200. The van der Waals surface area contributed by atoms with Gasteiger partial charge >= 0.3 is 0 Å². The zero-order chi connectivity index (χ0) is 24.1. The topological polar surface area (TPSA) is 83.7 Å². The molecule has 2 fully saturated rings. The molecule has 2 aromatic rings. The minimum atomic E-state index is -1.24. The minimum Gasteiger partial charge on any atom is -0.335 e. The fraction of sp³-hybridized carbons (Fsp3) is 0.400. The van der Waals surface area contributed by atoms with Gasteiger partial charge < -0.3 is 10.6 Å². The number of carbonyl (C=O) groups excluding carboxylic acids is 3. The highest BCUT2D eigenvalue weighted by atomic mass is 19.2. The number of benzene rings is 2. The molecule has 9 heteroatoms. The molecule has 3 heterocycles. The summed E-state index contributed by atoms with van der Waals surface area (Å²) in [6.07, 6.45) is 2.81. The van der Waals surface area contributed by atoms with Crippen LogP contribution in [0.15, 0.2) is 36.4 Å². The highest BCUT2D eigenvalue weighted by molar-refractivity contribution is 6.22. The Balaban J connectivity index is 1.24. The van der Waals surface area contributed by atoms with Gasteiger partial charge in [-0.05, 0) is 61.8 Å². The summed E-state index contributed by atoms with van der Waals surface area (Å²) in [6, 6.07) is 7.22. The Morgan fingerprint density at radius 2 is 1.50 bits per heavy atom. The van der Waals surface area contributed by atoms with Gasteiger partial charge in [0.25, 0.3) is 11.8 Å². The van der Waals surface area contributed by atoms with Gasteiger partial charge in [0, 0.05) is 24.2 Å². The molecule has 0 spiro atoms. The van der Waals surface area contributed by atoms with Crippen LogP contribution in [-0.2, 0) is 11.2 Å². The third-order valence-electron chi connectivity index (χ3n) is 7.38. The average molecular weight is 471 g/mol. The van der Waals surface area contributed by atoms with Gasteiger partial charge in [-0.2, -0.15) is 0 Å². The Morgan fingerprint density at radius 3 is 2.09 bits per heavy atom. The van der Waals surface area contributed by atoms with Gasteiger partial charge in [-0.25, -0.2) is 13.2 Å². The number of fused-ring (bicyclic) bond motifs is 3. The Morgan fingerprint density at radius 1 is 0.941 bits per heavy atom. The summed E-state index contributed by atoms with van der Waals surface area (Å²) < 4.78 is 40.9. The summed E-state index contributed by atoms with van der Waals surface area (Å²) in [7, 11) is 0. The second-order valence-corrected chi connectivity index (χ2v) is 9.39. The summed E-state index contributed by atoms with van der Waals surface area (Å²) in [5.74, 6) is -4.41. The van der Waals surface area contributed by atoms with Crippen molar-refractivity contribution in [3.05, 3.63) is 70.5 Å². The number of amides is 3.